The highest BCUT2D eigenvalue weighted by atomic mass is 16.7. The van der Waals surface area contributed by atoms with Gasteiger partial charge in [-0.15, -0.1) is 0 Å². The number of carbonyl (C=O) groups excluding carboxylic acids is 2. The Morgan fingerprint density at radius 3 is 1.23 bits per heavy atom. The van der Waals surface area contributed by atoms with E-state index in [1.807, 2.05) is 21.1 Å². The van der Waals surface area contributed by atoms with Crippen LogP contribution in [0.4, 0.5) is 0 Å². The molecule has 2 unspecified atom stereocenters. The van der Waals surface area contributed by atoms with Crippen LogP contribution in [0.5, 0.6) is 0 Å². The fourth-order valence-corrected chi connectivity index (χ4v) is 7.80. The maximum atomic E-state index is 12.8. The van der Waals surface area contributed by atoms with Gasteiger partial charge in [-0.05, 0) is 70.6 Å². The third-order valence-electron chi connectivity index (χ3n) is 12.1. The van der Waals surface area contributed by atoms with E-state index in [1.165, 1.54) is 161 Å². The van der Waals surface area contributed by atoms with Crippen molar-refractivity contribution in [3.05, 3.63) is 36.5 Å². The lowest BCUT2D eigenvalue weighted by molar-refractivity contribution is -0.870. The van der Waals surface area contributed by atoms with Gasteiger partial charge < -0.3 is 28.5 Å². The van der Waals surface area contributed by atoms with Gasteiger partial charge in [-0.25, -0.2) is 4.79 Å². The molecular formula is C57H106NO8+. The number of rotatable bonds is 51. The molecule has 9 heteroatoms. The predicted molar refractivity (Wildman–Crippen MR) is 277 cm³/mol. The molecule has 66 heavy (non-hydrogen) atoms. The van der Waals surface area contributed by atoms with E-state index in [4.69, 9.17) is 18.9 Å². The Hall–Kier alpha value is -2.49. The van der Waals surface area contributed by atoms with Crippen molar-refractivity contribution >= 4 is 17.9 Å². The quantitative estimate of drug-likeness (QED) is 0.0211. The van der Waals surface area contributed by atoms with Crippen molar-refractivity contribution in [1.29, 1.82) is 0 Å². The Morgan fingerprint density at radius 1 is 0.455 bits per heavy atom. The first-order chi connectivity index (χ1) is 32.1. The molecule has 0 heterocycles. The number of allylic oxidation sites excluding steroid dienone is 6. The second-order valence-corrected chi connectivity index (χ2v) is 19.9. The van der Waals surface area contributed by atoms with Gasteiger partial charge in [0, 0.05) is 12.8 Å². The molecule has 0 aliphatic carbocycles. The second-order valence-electron chi connectivity index (χ2n) is 19.9. The lowest BCUT2D eigenvalue weighted by atomic mass is 10.0. The number of unbranched alkanes of at least 4 members (excludes halogenated alkanes) is 30. The molecule has 0 saturated carbocycles. The molecule has 0 rings (SSSR count). The van der Waals surface area contributed by atoms with Crippen molar-refractivity contribution in [2.45, 2.75) is 264 Å². The molecule has 0 aromatic rings. The van der Waals surface area contributed by atoms with Crippen LogP contribution in [-0.2, 0) is 33.3 Å². The number of carboxylic acid groups (broad SMARTS) is 1. The van der Waals surface area contributed by atoms with Crippen LogP contribution in [0.25, 0.3) is 0 Å². The van der Waals surface area contributed by atoms with Crippen LogP contribution < -0.4 is 0 Å². The van der Waals surface area contributed by atoms with Crippen LogP contribution in [0.3, 0.4) is 0 Å². The van der Waals surface area contributed by atoms with Gasteiger partial charge in [-0.2, -0.15) is 0 Å². The Balaban J connectivity index is 4.23. The lowest BCUT2D eigenvalue weighted by Gasteiger charge is -2.25. The highest BCUT2D eigenvalue weighted by Gasteiger charge is 2.25. The Morgan fingerprint density at radius 2 is 0.818 bits per heavy atom. The van der Waals surface area contributed by atoms with E-state index < -0.39 is 24.3 Å². The van der Waals surface area contributed by atoms with E-state index in [1.54, 1.807) is 0 Å². The summed E-state index contributed by atoms with van der Waals surface area (Å²) in [5, 5.41) is 9.68. The van der Waals surface area contributed by atoms with E-state index in [2.05, 4.69) is 50.3 Å². The van der Waals surface area contributed by atoms with Crippen LogP contribution in [-0.4, -0.2) is 87.4 Å². The zero-order valence-corrected chi connectivity index (χ0v) is 43.9. The number of esters is 2. The van der Waals surface area contributed by atoms with Gasteiger partial charge in [-0.1, -0.05) is 204 Å². The van der Waals surface area contributed by atoms with Gasteiger partial charge >= 0.3 is 17.9 Å². The first-order valence-corrected chi connectivity index (χ1v) is 27.7. The summed E-state index contributed by atoms with van der Waals surface area (Å²) in [6, 6.07) is 0. The fourth-order valence-electron chi connectivity index (χ4n) is 7.80. The molecule has 0 aromatic carbocycles. The third kappa shape index (κ3) is 49.4. The molecule has 386 valence electrons. The molecule has 0 saturated heterocycles. The number of hydrogen-bond acceptors (Lipinski definition) is 7. The zero-order valence-electron chi connectivity index (χ0n) is 43.9. The molecule has 0 amide bonds. The zero-order chi connectivity index (χ0) is 48.4. The normalized spacial score (nSPS) is 13.0. The Bertz CT molecular complexity index is 1180. The van der Waals surface area contributed by atoms with E-state index in [9.17, 15) is 19.5 Å². The summed E-state index contributed by atoms with van der Waals surface area (Å²) in [7, 11) is 5.96. The van der Waals surface area contributed by atoms with Crippen molar-refractivity contribution < 1.29 is 42.9 Å². The Labute approximate surface area is 407 Å². The number of nitrogens with zero attached hydrogens (tertiary/aromatic N) is 1. The second kappa shape index (κ2) is 48.9. The first-order valence-electron chi connectivity index (χ1n) is 27.7. The maximum absolute atomic E-state index is 12.8. The van der Waals surface area contributed by atoms with Crippen LogP contribution in [0.1, 0.15) is 251 Å². The molecule has 0 fully saturated rings. The third-order valence-corrected chi connectivity index (χ3v) is 12.1. The standard InChI is InChI=1S/C57H105NO8/c1-6-8-10-12-14-16-18-20-22-24-25-26-27-28-29-30-31-32-34-35-37-39-41-43-45-47-54(59)64-51-53(52-65-57(56(61)62)63-50-49-58(3,4)5)66-55(60)48-46-44-42-40-38-36-33-23-21-19-17-15-13-11-9-7-2/h17,19,23-25,33,53,57H,6-16,18,20-22,26-32,34-52H2,1-5H3/p+1/b19-17-,25-24-,33-23-. The van der Waals surface area contributed by atoms with Crippen LogP contribution in [0, 0.1) is 0 Å². The summed E-state index contributed by atoms with van der Waals surface area (Å²) in [5.41, 5.74) is 0. The Kier molecular flexibility index (Phi) is 47.1. The number of likely N-dealkylation sites (N-methyl/N-ethyl adjacent to an activating group) is 1. The monoisotopic (exact) mass is 933 g/mol. The maximum Gasteiger partial charge on any atom is 0.361 e. The largest absolute Gasteiger partial charge is 0.477 e. The molecule has 0 aromatic heterocycles. The highest BCUT2D eigenvalue weighted by Crippen LogP contribution is 2.16. The molecule has 1 N–H and O–H groups in total. The van der Waals surface area contributed by atoms with Gasteiger partial charge in [0.15, 0.2) is 6.10 Å². The van der Waals surface area contributed by atoms with Gasteiger partial charge in [0.1, 0.15) is 13.2 Å². The molecule has 0 aliphatic rings. The van der Waals surface area contributed by atoms with Crippen LogP contribution >= 0.6 is 0 Å². The first kappa shape index (κ1) is 63.5. The molecule has 0 spiro atoms. The number of hydrogen-bond donors (Lipinski definition) is 1. The fraction of sp³-hybridized carbons (Fsp3) is 0.842. The minimum absolute atomic E-state index is 0.185. The van der Waals surface area contributed by atoms with Crippen molar-refractivity contribution in [3.8, 4) is 0 Å². The van der Waals surface area contributed by atoms with Gasteiger partial charge in [0.25, 0.3) is 6.29 Å². The van der Waals surface area contributed by atoms with Gasteiger partial charge in [0.05, 0.1) is 34.4 Å². The summed E-state index contributed by atoms with van der Waals surface area (Å²) in [6.07, 6.45) is 55.0. The minimum Gasteiger partial charge on any atom is -0.477 e. The molecule has 0 aliphatic heterocycles. The van der Waals surface area contributed by atoms with Crippen molar-refractivity contribution in [2.75, 3.05) is 47.5 Å². The molecule has 0 bridgehead atoms. The van der Waals surface area contributed by atoms with Crippen LogP contribution in [0.2, 0.25) is 0 Å². The summed E-state index contributed by atoms with van der Waals surface area (Å²) in [5.74, 6) is -2.01. The predicted octanol–water partition coefficient (Wildman–Crippen LogP) is 15.7. The smallest absolute Gasteiger partial charge is 0.361 e. The lowest BCUT2D eigenvalue weighted by Crippen LogP contribution is -2.40. The number of aliphatic carboxylic acids is 1. The van der Waals surface area contributed by atoms with Gasteiger partial charge in [-0.3, -0.25) is 9.59 Å². The van der Waals surface area contributed by atoms with E-state index in [-0.39, 0.29) is 32.2 Å². The number of carboxylic acids is 1. The molecular weight excluding hydrogens is 827 g/mol. The molecule has 2 atom stereocenters. The van der Waals surface area contributed by atoms with E-state index >= 15 is 0 Å². The average molecular weight is 933 g/mol. The van der Waals surface area contributed by atoms with Crippen molar-refractivity contribution in [2.24, 2.45) is 0 Å². The SMILES string of the molecule is CCCCCC/C=C\C/C=C\CCCCCCCC(=O)OC(COC(=O)CCCCCCCCCCCCCCC/C=C\CCCCCCCCCC)COC(OCC[N+](C)(C)C)C(=O)O. The van der Waals surface area contributed by atoms with Crippen LogP contribution in [0.15, 0.2) is 36.5 Å². The average Bonchev–Trinajstić information content (AvgIpc) is 3.28. The van der Waals surface area contributed by atoms with E-state index in [0.717, 1.165) is 57.8 Å². The summed E-state index contributed by atoms with van der Waals surface area (Å²) in [6.45, 7) is 4.87. The molecule has 9 nitrogen and oxygen atoms in total. The molecule has 0 radical (unpaired) electrons. The highest BCUT2D eigenvalue weighted by molar-refractivity contribution is 5.71. The number of carbonyl (C=O) groups is 3. The topological polar surface area (TPSA) is 108 Å². The van der Waals surface area contributed by atoms with Crippen molar-refractivity contribution in [3.63, 3.8) is 0 Å². The minimum atomic E-state index is -1.51. The van der Waals surface area contributed by atoms with Crippen molar-refractivity contribution in [1.82, 2.24) is 0 Å². The number of ether oxygens (including phenoxy) is 4. The summed E-state index contributed by atoms with van der Waals surface area (Å²) >= 11 is 0. The van der Waals surface area contributed by atoms with Gasteiger partial charge in [0.2, 0.25) is 0 Å². The number of quaternary nitrogens is 1. The van der Waals surface area contributed by atoms with E-state index in [0.29, 0.717) is 23.9 Å². The summed E-state index contributed by atoms with van der Waals surface area (Å²) in [4.78, 5) is 37.3. The summed E-state index contributed by atoms with van der Waals surface area (Å²) < 4.78 is 22.8.